The predicted octanol–water partition coefficient (Wildman–Crippen LogP) is 5.77. The zero-order valence-corrected chi connectivity index (χ0v) is 16.2. The molecule has 4 heteroatoms. The summed E-state index contributed by atoms with van der Waals surface area (Å²) in [6, 6.07) is 25.6. The first kappa shape index (κ1) is 19.1. The number of rotatable bonds is 8. The van der Waals surface area contributed by atoms with Crippen molar-refractivity contribution in [1.29, 1.82) is 0 Å². The highest BCUT2D eigenvalue weighted by molar-refractivity contribution is 7.97. The summed E-state index contributed by atoms with van der Waals surface area (Å²) >= 11 is 1.87. The normalized spacial score (nSPS) is 10.4. The number of ether oxygens (including phenoxy) is 1. The lowest BCUT2D eigenvalue weighted by Gasteiger charge is -2.08. The Morgan fingerprint density at radius 2 is 1.48 bits per heavy atom. The molecular weight excluding hydrogens is 354 g/mol. The fourth-order valence-corrected chi connectivity index (χ4v) is 3.58. The highest BCUT2D eigenvalue weighted by Crippen LogP contribution is 2.19. The van der Waals surface area contributed by atoms with E-state index in [-0.39, 0.29) is 5.91 Å². The number of amides is 1. The zero-order chi connectivity index (χ0) is 18.9. The number of hydrogen-bond acceptors (Lipinski definition) is 3. The third-order valence-electron chi connectivity index (χ3n) is 4.02. The van der Waals surface area contributed by atoms with Crippen molar-refractivity contribution >= 4 is 23.4 Å². The molecular formula is C23H23NO2S. The molecule has 0 radical (unpaired) electrons. The largest absolute Gasteiger partial charge is 0.494 e. The van der Waals surface area contributed by atoms with E-state index in [0.717, 1.165) is 22.9 Å². The third kappa shape index (κ3) is 5.90. The molecule has 0 saturated heterocycles. The maximum atomic E-state index is 12.4. The highest BCUT2D eigenvalue weighted by atomic mass is 32.2. The first-order valence-corrected chi connectivity index (χ1v) is 10.1. The summed E-state index contributed by atoms with van der Waals surface area (Å²) in [5.74, 6) is 2.60. The van der Waals surface area contributed by atoms with E-state index in [9.17, 15) is 4.79 Å². The van der Waals surface area contributed by atoms with Crippen molar-refractivity contribution in [2.24, 2.45) is 0 Å². The SMILES string of the molecule is CCOc1ccc(NC(=O)c2ccc(CSCc3ccccc3)cc2)cc1. The van der Waals surface area contributed by atoms with Crippen molar-refractivity contribution in [3.8, 4) is 5.75 Å². The van der Waals surface area contributed by atoms with Crippen LogP contribution in [0.25, 0.3) is 0 Å². The van der Waals surface area contributed by atoms with Crippen LogP contribution in [-0.4, -0.2) is 12.5 Å². The molecule has 0 aliphatic heterocycles. The summed E-state index contributed by atoms with van der Waals surface area (Å²) in [6.07, 6.45) is 0. The Balaban J connectivity index is 1.50. The average molecular weight is 378 g/mol. The van der Waals surface area contributed by atoms with Crippen LogP contribution in [0.1, 0.15) is 28.4 Å². The summed E-state index contributed by atoms with van der Waals surface area (Å²) < 4.78 is 5.41. The van der Waals surface area contributed by atoms with Gasteiger partial charge in [-0.15, -0.1) is 0 Å². The van der Waals surface area contributed by atoms with E-state index < -0.39 is 0 Å². The van der Waals surface area contributed by atoms with Crippen molar-refractivity contribution in [3.05, 3.63) is 95.6 Å². The van der Waals surface area contributed by atoms with Crippen LogP contribution in [-0.2, 0) is 11.5 Å². The van der Waals surface area contributed by atoms with E-state index in [4.69, 9.17) is 4.74 Å². The van der Waals surface area contributed by atoms with Crippen molar-refractivity contribution in [2.45, 2.75) is 18.4 Å². The number of anilines is 1. The molecule has 1 N–H and O–H groups in total. The molecule has 0 saturated carbocycles. The second kappa shape index (κ2) is 9.83. The van der Waals surface area contributed by atoms with Crippen LogP contribution in [0, 0.1) is 0 Å². The summed E-state index contributed by atoms with van der Waals surface area (Å²) in [6.45, 7) is 2.57. The smallest absolute Gasteiger partial charge is 0.255 e. The van der Waals surface area contributed by atoms with Crippen molar-refractivity contribution in [1.82, 2.24) is 0 Å². The van der Waals surface area contributed by atoms with Gasteiger partial charge in [-0.2, -0.15) is 11.8 Å². The van der Waals surface area contributed by atoms with Gasteiger partial charge in [-0.1, -0.05) is 42.5 Å². The molecule has 3 aromatic carbocycles. The Kier molecular flexibility index (Phi) is 6.94. The van der Waals surface area contributed by atoms with Gasteiger partial charge in [0.25, 0.3) is 5.91 Å². The molecule has 0 spiro atoms. The fourth-order valence-electron chi connectivity index (χ4n) is 2.62. The third-order valence-corrected chi connectivity index (χ3v) is 5.09. The van der Waals surface area contributed by atoms with Crippen molar-refractivity contribution < 1.29 is 9.53 Å². The van der Waals surface area contributed by atoms with E-state index in [1.807, 2.05) is 73.3 Å². The quantitative estimate of drug-likeness (QED) is 0.541. The van der Waals surface area contributed by atoms with Gasteiger partial charge in [0.15, 0.2) is 0 Å². The molecule has 0 fully saturated rings. The standard InChI is InChI=1S/C23H23NO2S/c1-2-26-22-14-12-21(13-15-22)24-23(25)20-10-8-19(9-11-20)17-27-16-18-6-4-3-5-7-18/h3-15H,2,16-17H2,1H3,(H,24,25). The summed E-state index contributed by atoms with van der Waals surface area (Å²) in [5, 5.41) is 2.91. The number of hydrogen-bond donors (Lipinski definition) is 1. The Morgan fingerprint density at radius 3 is 2.11 bits per heavy atom. The van der Waals surface area contributed by atoms with E-state index in [0.29, 0.717) is 12.2 Å². The molecule has 27 heavy (non-hydrogen) atoms. The molecule has 0 aliphatic carbocycles. The lowest BCUT2D eigenvalue weighted by molar-refractivity contribution is 0.102. The van der Waals surface area contributed by atoms with Gasteiger partial charge in [0.2, 0.25) is 0 Å². The Bertz CT molecular complexity index is 846. The van der Waals surface area contributed by atoms with E-state index in [2.05, 4.69) is 29.6 Å². The van der Waals surface area contributed by atoms with Gasteiger partial charge in [-0.3, -0.25) is 4.79 Å². The molecule has 0 aliphatic rings. The first-order valence-electron chi connectivity index (χ1n) is 8.99. The van der Waals surface area contributed by atoms with E-state index >= 15 is 0 Å². The van der Waals surface area contributed by atoms with Crippen molar-refractivity contribution in [2.75, 3.05) is 11.9 Å². The summed E-state index contributed by atoms with van der Waals surface area (Å²) in [5.41, 5.74) is 3.95. The number of thioether (sulfide) groups is 1. The minimum Gasteiger partial charge on any atom is -0.494 e. The Morgan fingerprint density at radius 1 is 0.852 bits per heavy atom. The maximum Gasteiger partial charge on any atom is 0.255 e. The fraction of sp³-hybridized carbons (Fsp3) is 0.174. The van der Waals surface area contributed by atoms with Crippen molar-refractivity contribution in [3.63, 3.8) is 0 Å². The van der Waals surface area contributed by atoms with Crippen LogP contribution in [0.2, 0.25) is 0 Å². The molecule has 3 rings (SSSR count). The van der Waals surface area contributed by atoms with Crippen LogP contribution in [0.3, 0.4) is 0 Å². The predicted molar refractivity (Wildman–Crippen MR) is 113 cm³/mol. The maximum absolute atomic E-state index is 12.4. The molecule has 3 aromatic rings. The average Bonchev–Trinajstić information content (AvgIpc) is 2.71. The second-order valence-electron chi connectivity index (χ2n) is 6.09. The molecule has 0 heterocycles. The van der Waals surface area contributed by atoms with Crippen LogP contribution >= 0.6 is 11.8 Å². The minimum absolute atomic E-state index is 0.109. The van der Waals surface area contributed by atoms with Gasteiger partial charge < -0.3 is 10.1 Å². The molecule has 1 amide bonds. The number of nitrogens with one attached hydrogen (secondary N) is 1. The number of benzene rings is 3. The van der Waals surface area contributed by atoms with Crippen LogP contribution < -0.4 is 10.1 Å². The highest BCUT2D eigenvalue weighted by Gasteiger charge is 2.06. The molecule has 138 valence electrons. The van der Waals surface area contributed by atoms with E-state index in [1.165, 1.54) is 11.1 Å². The number of carbonyl (C=O) groups is 1. The lowest BCUT2D eigenvalue weighted by Crippen LogP contribution is -2.11. The molecule has 0 atom stereocenters. The van der Waals surface area contributed by atoms with Gasteiger partial charge in [0, 0.05) is 22.8 Å². The summed E-state index contributed by atoms with van der Waals surface area (Å²) in [4.78, 5) is 12.4. The lowest BCUT2D eigenvalue weighted by atomic mass is 10.1. The topological polar surface area (TPSA) is 38.3 Å². The summed E-state index contributed by atoms with van der Waals surface area (Å²) in [7, 11) is 0. The minimum atomic E-state index is -0.109. The number of carbonyl (C=O) groups excluding carboxylic acids is 1. The van der Waals surface area contributed by atoms with Gasteiger partial charge >= 0.3 is 0 Å². The Labute approximate surface area is 164 Å². The van der Waals surface area contributed by atoms with Gasteiger partial charge in [-0.25, -0.2) is 0 Å². The molecule has 3 nitrogen and oxygen atoms in total. The molecule has 0 aromatic heterocycles. The molecule has 0 bridgehead atoms. The molecule has 0 unspecified atom stereocenters. The van der Waals surface area contributed by atoms with Crippen LogP contribution in [0.5, 0.6) is 5.75 Å². The van der Waals surface area contributed by atoms with Crippen LogP contribution in [0.15, 0.2) is 78.9 Å². The zero-order valence-electron chi connectivity index (χ0n) is 15.4. The van der Waals surface area contributed by atoms with Gasteiger partial charge in [0.05, 0.1) is 6.61 Å². The second-order valence-corrected chi connectivity index (χ2v) is 7.07. The van der Waals surface area contributed by atoms with E-state index in [1.54, 1.807) is 0 Å². The Hall–Kier alpha value is -2.72. The van der Waals surface area contributed by atoms with Gasteiger partial charge in [0.1, 0.15) is 5.75 Å². The monoisotopic (exact) mass is 377 g/mol. The van der Waals surface area contributed by atoms with Crippen LogP contribution in [0.4, 0.5) is 5.69 Å². The first-order chi connectivity index (χ1) is 13.2. The van der Waals surface area contributed by atoms with Gasteiger partial charge in [-0.05, 0) is 54.4 Å².